The van der Waals surface area contributed by atoms with Gasteiger partial charge < -0.3 is 9.80 Å². The van der Waals surface area contributed by atoms with Crippen molar-refractivity contribution in [2.45, 2.75) is 17.2 Å². The molecule has 1 atom stereocenters. The molecule has 1 fully saturated rings. The fourth-order valence-corrected chi connectivity index (χ4v) is 3.90. The maximum atomic E-state index is 12.7. The molecule has 1 aliphatic heterocycles. The van der Waals surface area contributed by atoms with Crippen LogP contribution in [-0.2, 0) is 4.79 Å². The average molecular weight is 362 g/mol. The largest absolute Gasteiger partial charge is 0.368 e. The maximum absolute atomic E-state index is 12.7. The van der Waals surface area contributed by atoms with Crippen LogP contribution in [0.2, 0.25) is 5.02 Å². The first kappa shape index (κ1) is 17.1. The number of benzene rings is 1. The first-order valence-electron chi connectivity index (χ1n) is 8.01. The number of carbonyl (C=O) groups is 1. The highest BCUT2D eigenvalue weighted by molar-refractivity contribution is 8.00. The number of pyridine rings is 1. The lowest BCUT2D eigenvalue weighted by Gasteiger charge is -2.37. The summed E-state index contributed by atoms with van der Waals surface area (Å²) in [6.45, 7) is 5.12. The third-order valence-corrected chi connectivity index (χ3v) is 5.59. The zero-order valence-electron chi connectivity index (χ0n) is 13.6. The molecular weight excluding hydrogens is 342 g/mol. The normalized spacial score (nSPS) is 16.1. The van der Waals surface area contributed by atoms with E-state index < -0.39 is 0 Å². The topological polar surface area (TPSA) is 36.4 Å². The monoisotopic (exact) mass is 361 g/mol. The standard InChI is InChI=1S/C18H20ClN3OS/c1-14(24-17-16(19)8-5-9-20-17)18(23)22-12-10-21(11-13-22)15-6-3-2-4-7-15/h2-9,14H,10-13H2,1H3. The van der Waals surface area contributed by atoms with E-state index in [1.807, 2.05) is 30.0 Å². The Hall–Kier alpha value is -1.72. The Morgan fingerprint density at radius 2 is 1.83 bits per heavy atom. The van der Waals surface area contributed by atoms with E-state index in [-0.39, 0.29) is 11.2 Å². The fraction of sp³-hybridized carbons (Fsp3) is 0.333. The summed E-state index contributed by atoms with van der Waals surface area (Å²) < 4.78 is 0. The van der Waals surface area contributed by atoms with Gasteiger partial charge in [0, 0.05) is 38.1 Å². The van der Waals surface area contributed by atoms with Crippen LogP contribution < -0.4 is 4.90 Å². The lowest BCUT2D eigenvalue weighted by atomic mass is 10.2. The van der Waals surface area contributed by atoms with E-state index in [2.05, 4.69) is 22.0 Å². The lowest BCUT2D eigenvalue weighted by Crippen LogP contribution is -2.50. The average Bonchev–Trinajstić information content (AvgIpc) is 2.64. The van der Waals surface area contributed by atoms with E-state index in [1.165, 1.54) is 17.4 Å². The Labute approximate surface area is 151 Å². The predicted molar refractivity (Wildman–Crippen MR) is 99.8 cm³/mol. The maximum Gasteiger partial charge on any atom is 0.235 e. The van der Waals surface area contributed by atoms with E-state index in [0.717, 1.165) is 26.2 Å². The molecule has 1 unspecified atom stereocenters. The van der Waals surface area contributed by atoms with Crippen molar-refractivity contribution in [2.24, 2.45) is 0 Å². The summed E-state index contributed by atoms with van der Waals surface area (Å²) in [7, 11) is 0. The Balaban J connectivity index is 1.56. The number of nitrogens with zero attached hydrogens (tertiary/aromatic N) is 3. The number of thioether (sulfide) groups is 1. The second-order valence-corrected chi connectivity index (χ2v) is 7.44. The van der Waals surface area contributed by atoms with Gasteiger partial charge in [-0.3, -0.25) is 4.79 Å². The van der Waals surface area contributed by atoms with Crippen LogP contribution in [0.1, 0.15) is 6.92 Å². The number of carbonyl (C=O) groups excluding carboxylic acids is 1. The van der Waals surface area contributed by atoms with Gasteiger partial charge in [0.1, 0.15) is 5.03 Å². The minimum absolute atomic E-state index is 0.148. The van der Waals surface area contributed by atoms with Crippen molar-refractivity contribution in [1.82, 2.24) is 9.88 Å². The third-order valence-electron chi connectivity index (χ3n) is 4.07. The molecule has 3 rings (SSSR count). The Bertz CT molecular complexity index is 690. The summed E-state index contributed by atoms with van der Waals surface area (Å²) in [6.07, 6.45) is 1.70. The van der Waals surface area contributed by atoms with Crippen molar-refractivity contribution in [1.29, 1.82) is 0 Å². The molecular formula is C18H20ClN3OS. The smallest absolute Gasteiger partial charge is 0.235 e. The summed E-state index contributed by atoms with van der Waals surface area (Å²) in [4.78, 5) is 21.2. The number of rotatable bonds is 4. The first-order chi connectivity index (χ1) is 11.6. The minimum Gasteiger partial charge on any atom is -0.368 e. The van der Waals surface area contributed by atoms with Crippen molar-refractivity contribution in [3.63, 3.8) is 0 Å². The second kappa shape index (κ2) is 7.90. The van der Waals surface area contributed by atoms with Crippen LogP contribution in [0.4, 0.5) is 5.69 Å². The zero-order valence-corrected chi connectivity index (χ0v) is 15.1. The molecule has 0 spiro atoms. The van der Waals surface area contributed by atoms with Gasteiger partial charge in [-0.2, -0.15) is 0 Å². The fourth-order valence-electron chi connectivity index (χ4n) is 2.76. The van der Waals surface area contributed by atoms with Crippen molar-refractivity contribution in [3.8, 4) is 0 Å². The van der Waals surface area contributed by atoms with E-state index >= 15 is 0 Å². The molecule has 1 aromatic carbocycles. The zero-order chi connectivity index (χ0) is 16.9. The molecule has 0 aliphatic carbocycles. The Morgan fingerprint density at radius 1 is 1.12 bits per heavy atom. The molecule has 0 bridgehead atoms. The summed E-state index contributed by atoms with van der Waals surface area (Å²) in [6, 6.07) is 13.9. The van der Waals surface area contributed by atoms with Gasteiger partial charge in [0.25, 0.3) is 0 Å². The van der Waals surface area contributed by atoms with Gasteiger partial charge in [0.05, 0.1) is 10.3 Å². The van der Waals surface area contributed by atoms with Gasteiger partial charge in [-0.15, -0.1) is 0 Å². The number of halogens is 1. The molecule has 1 aliphatic rings. The molecule has 126 valence electrons. The highest BCUT2D eigenvalue weighted by atomic mass is 35.5. The quantitative estimate of drug-likeness (QED) is 0.780. The van der Waals surface area contributed by atoms with Gasteiger partial charge in [0.15, 0.2) is 0 Å². The molecule has 1 aromatic heterocycles. The van der Waals surface area contributed by atoms with Crippen LogP contribution in [0.5, 0.6) is 0 Å². The first-order valence-corrected chi connectivity index (χ1v) is 9.27. The van der Waals surface area contributed by atoms with E-state index in [1.54, 1.807) is 18.3 Å². The third kappa shape index (κ3) is 4.02. The number of hydrogen-bond acceptors (Lipinski definition) is 4. The van der Waals surface area contributed by atoms with Crippen LogP contribution >= 0.6 is 23.4 Å². The van der Waals surface area contributed by atoms with Gasteiger partial charge in [-0.1, -0.05) is 41.6 Å². The summed E-state index contributed by atoms with van der Waals surface area (Å²) >= 11 is 7.55. The number of anilines is 1. The molecule has 4 nitrogen and oxygen atoms in total. The van der Waals surface area contributed by atoms with Gasteiger partial charge >= 0.3 is 0 Å². The van der Waals surface area contributed by atoms with E-state index in [0.29, 0.717) is 10.0 Å². The summed E-state index contributed by atoms with van der Waals surface area (Å²) in [5.74, 6) is 0.148. The van der Waals surface area contributed by atoms with Gasteiger partial charge in [-0.25, -0.2) is 4.98 Å². The van der Waals surface area contributed by atoms with Crippen LogP contribution in [0.15, 0.2) is 53.7 Å². The second-order valence-electron chi connectivity index (χ2n) is 5.70. The Morgan fingerprint density at radius 3 is 2.50 bits per heavy atom. The molecule has 2 aromatic rings. The minimum atomic E-state index is -0.194. The number of amides is 1. The molecule has 0 saturated carbocycles. The molecule has 2 heterocycles. The molecule has 6 heteroatoms. The van der Waals surface area contributed by atoms with Crippen LogP contribution in [0.3, 0.4) is 0 Å². The van der Waals surface area contributed by atoms with E-state index in [9.17, 15) is 4.79 Å². The Kier molecular flexibility index (Phi) is 5.63. The lowest BCUT2D eigenvalue weighted by molar-refractivity contribution is -0.130. The summed E-state index contributed by atoms with van der Waals surface area (Å²) in [5.41, 5.74) is 1.22. The molecule has 1 saturated heterocycles. The summed E-state index contributed by atoms with van der Waals surface area (Å²) in [5, 5.41) is 1.11. The van der Waals surface area contributed by atoms with Crippen LogP contribution in [0, 0.1) is 0 Å². The van der Waals surface area contributed by atoms with Crippen LogP contribution in [0.25, 0.3) is 0 Å². The SMILES string of the molecule is CC(Sc1ncccc1Cl)C(=O)N1CCN(c2ccccc2)CC1. The van der Waals surface area contributed by atoms with E-state index in [4.69, 9.17) is 11.6 Å². The molecule has 24 heavy (non-hydrogen) atoms. The predicted octanol–water partition coefficient (Wildman–Crippen LogP) is 3.56. The number of piperazine rings is 1. The number of aromatic nitrogens is 1. The van der Waals surface area contributed by atoms with Gasteiger partial charge in [-0.05, 0) is 31.2 Å². The highest BCUT2D eigenvalue weighted by Gasteiger charge is 2.26. The van der Waals surface area contributed by atoms with Crippen molar-refractivity contribution in [3.05, 3.63) is 53.7 Å². The van der Waals surface area contributed by atoms with Gasteiger partial charge in [0.2, 0.25) is 5.91 Å². The van der Waals surface area contributed by atoms with Crippen molar-refractivity contribution in [2.75, 3.05) is 31.1 Å². The molecule has 0 N–H and O–H groups in total. The molecule has 0 radical (unpaired) electrons. The van der Waals surface area contributed by atoms with Crippen molar-refractivity contribution < 1.29 is 4.79 Å². The van der Waals surface area contributed by atoms with Crippen molar-refractivity contribution >= 4 is 35.0 Å². The number of hydrogen-bond donors (Lipinski definition) is 0. The molecule has 1 amide bonds. The highest BCUT2D eigenvalue weighted by Crippen LogP contribution is 2.29. The van der Waals surface area contributed by atoms with Crippen LogP contribution in [-0.4, -0.2) is 47.2 Å². The number of para-hydroxylation sites is 1.